The Hall–Kier alpha value is -1.22. The molecule has 0 bridgehead atoms. The first-order chi connectivity index (χ1) is 10.2. The number of hydrogen-bond acceptors (Lipinski definition) is 3. The average molecular weight is 311 g/mol. The van der Waals surface area contributed by atoms with Gasteiger partial charge in [-0.3, -0.25) is 4.79 Å². The van der Waals surface area contributed by atoms with Crippen LogP contribution in [0.4, 0.5) is 0 Å². The summed E-state index contributed by atoms with van der Waals surface area (Å²) in [5, 5.41) is 0.487. The molecule has 1 aromatic carbocycles. The maximum absolute atomic E-state index is 12.8. The molecule has 0 unspecified atom stereocenters. The van der Waals surface area contributed by atoms with Crippen molar-refractivity contribution in [3.8, 4) is 11.5 Å². The number of ether oxygens (including phenoxy) is 2. The molecule has 1 fully saturated rings. The third-order valence-corrected chi connectivity index (χ3v) is 4.17. The molecule has 2 rings (SSSR count). The van der Waals surface area contributed by atoms with E-state index in [0.717, 1.165) is 25.7 Å². The van der Waals surface area contributed by atoms with Gasteiger partial charge < -0.3 is 9.47 Å². The van der Waals surface area contributed by atoms with E-state index >= 15 is 0 Å². The summed E-state index contributed by atoms with van der Waals surface area (Å²) < 4.78 is 11.1. The summed E-state index contributed by atoms with van der Waals surface area (Å²) in [4.78, 5) is 12.8. The minimum atomic E-state index is 0.105. The molecule has 0 radical (unpaired) electrons. The third kappa shape index (κ3) is 3.91. The Morgan fingerprint density at radius 3 is 2.33 bits per heavy atom. The minimum Gasteiger partial charge on any atom is -0.493 e. The van der Waals surface area contributed by atoms with Gasteiger partial charge in [-0.2, -0.15) is 0 Å². The predicted molar refractivity (Wildman–Crippen MR) is 84.7 cm³/mol. The van der Waals surface area contributed by atoms with Crippen LogP contribution in [0.25, 0.3) is 0 Å². The van der Waals surface area contributed by atoms with Gasteiger partial charge in [-0.05, 0) is 32.8 Å². The zero-order valence-electron chi connectivity index (χ0n) is 12.8. The van der Waals surface area contributed by atoms with Crippen LogP contribution in [0.15, 0.2) is 12.1 Å². The normalized spacial score (nSPS) is 15.8. The molecule has 0 spiro atoms. The lowest BCUT2D eigenvalue weighted by Crippen LogP contribution is -2.19. The number of carbonyl (C=O) groups excluding carboxylic acids is 1. The first-order valence-corrected chi connectivity index (χ1v) is 8.18. The standard InChI is InChI=1S/C17H23ClO3/c1-3-20-15-11-14(18)16(21-4-2)10-13(15)17(19)12-8-6-5-7-9-12/h10-12H,3-9H2,1-2H3. The van der Waals surface area contributed by atoms with Crippen LogP contribution in [0.5, 0.6) is 11.5 Å². The van der Waals surface area contributed by atoms with Crippen LogP contribution < -0.4 is 9.47 Å². The molecule has 3 nitrogen and oxygen atoms in total. The van der Waals surface area contributed by atoms with Crippen molar-refractivity contribution in [1.82, 2.24) is 0 Å². The van der Waals surface area contributed by atoms with Gasteiger partial charge in [0, 0.05) is 12.0 Å². The number of carbonyl (C=O) groups is 1. The number of benzene rings is 1. The van der Waals surface area contributed by atoms with Crippen LogP contribution in [0.3, 0.4) is 0 Å². The van der Waals surface area contributed by atoms with Crippen molar-refractivity contribution < 1.29 is 14.3 Å². The van der Waals surface area contributed by atoms with E-state index in [4.69, 9.17) is 21.1 Å². The highest BCUT2D eigenvalue weighted by molar-refractivity contribution is 6.32. The van der Waals surface area contributed by atoms with Crippen LogP contribution in [-0.2, 0) is 0 Å². The molecule has 21 heavy (non-hydrogen) atoms. The van der Waals surface area contributed by atoms with E-state index in [1.54, 1.807) is 12.1 Å². The zero-order chi connectivity index (χ0) is 15.2. The lowest BCUT2D eigenvalue weighted by molar-refractivity contribution is 0.0885. The van der Waals surface area contributed by atoms with Crippen LogP contribution in [0.1, 0.15) is 56.3 Å². The Morgan fingerprint density at radius 1 is 1.10 bits per heavy atom. The first kappa shape index (κ1) is 16.2. The van der Waals surface area contributed by atoms with E-state index in [1.165, 1.54) is 6.42 Å². The van der Waals surface area contributed by atoms with Crippen molar-refractivity contribution in [2.45, 2.75) is 46.0 Å². The summed E-state index contributed by atoms with van der Waals surface area (Å²) in [6, 6.07) is 3.44. The maximum Gasteiger partial charge on any atom is 0.169 e. The number of halogens is 1. The summed E-state index contributed by atoms with van der Waals surface area (Å²) in [5.74, 6) is 1.40. The molecule has 0 heterocycles. The van der Waals surface area contributed by atoms with Gasteiger partial charge in [-0.1, -0.05) is 30.9 Å². The second-order valence-corrected chi connectivity index (χ2v) is 5.75. The molecule has 0 N–H and O–H groups in total. The lowest BCUT2D eigenvalue weighted by atomic mass is 9.83. The van der Waals surface area contributed by atoms with E-state index < -0.39 is 0 Å². The molecule has 0 aliphatic heterocycles. The maximum atomic E-state index is 12.8. The topological polar surface area (TPSA) is 35.5 Å². The van der Waals surface area contributed by atoms with E-state index in [-0.39, 0.29) is 11.7 Å². The van der Waals surface area contributed by atoms with Crippen LogP contribution in [0, 0.1) is 5.92 Å². The van der Waals surface area contributed by atoms with E-state index in [2.05, 4.69) is 0 Å². The van der Waals surface area contributed by atoms with Gasteiger partial charge >= 0.3 is 0 Å². The quantitative estimate of drug-likeness (QED) is 0.701. The second-order valence-electron chi connectivity index (χ2n) is 5.34. The average Bonchev–Trinajstić information content (AvgIpc) is 2.50. The van der Waals surface area contributed by atoms with Crippen LogP contribution >= 0.6 is 11.6 Å². The van der Waals surface area contributed by atoms with Crippen LogP contribution in [0.2, 0.25) is 5.02 Å². The van der Waals surface area contributed by atoms with Crippen molar-refractivity contribution >= 4 is 17.4 Å². The molecule has 0 atom stereocenters. The molecule has 1 saturated carbocycles. The smallest absolute Gasteiger partial charge is 0.169 e. The highest BCUT2D eigenvalue weighted by Crippen LogP contribution is 2.36. The van der Waals surface area contributed by atoms with Gasteiger partial charge in [0.2, 0.25) is 0 Å². The van der Waals surface area contributed by atoms with E-state index in [0.29, 0.717) is 35.3 Å². The number of hydrogen-bond donors (Lipinski definition) is 0. The zero-order valence-corrected chi connectivity index (χ0v) is 13.5. The molecule has 1 aromatic rings. The van der Waals surface area contributed by atoms with E-state index in [9.17, 15) is 4.79 Å². The highest BCUT2D eigenvalue weighted by atomic mass is 35.5. The highest BCUT2D eigenvalue weighted by Gasteiger charge is 2.26. The number of rotatable bonds is 6. The fourth-order valence-electron chi connectivity index (χ4n) is 2.85. The van der Waals surface area contributed by atoms with E-state index in [1.807, 2.05) is 13.8 Å². The molecule has 116 valence electrons. The summed E-state index contributed by atoms with van der Waals surface area (Å²) in [5.41, 5.74) is 0.608. The lowest BCUT2D eigenvalue weighted by Gasteiger charge is -2.22. The van der Waals surface area contributed by atoms with Crippen molar-refractivity contribution in [3.05, 3.63) is 22.7 Å². The van der Waals surface area contributed by atoms with Gasteiger partial charge in [0.25, 0.3) is 0 Å². The molecule has 1 aliphatic rings. The Morgan fingerprint density at radius 2 is 1.71 bits per heavy atom. The minimum absolute atomic E-state index is 0.105. The molecular formula is C17H23ClO3. The summed E-state index contributed by atoms with van der Waals surface area (Å²) >= 11 is 6.19. The monoisotopic (exact) mass is 310 g/mol. The Kier molecular flexibility index (Phi) is 5.92. The van der Waals surface area contributed by atoms with Crippen molar-refractivity contribution in [2.24, 2.45) is 5.92 Å². The fourth-order valence-corrected chi connectivity index (χ4v) is 3.06. The van der Waals surface area contributed by atoms with Gasteiger partial charge in [0.05, 0.1) is 23.8 Å². The summed E-state index contributed by atoms with van der Waals surface area (Å²) in [6.45, 7) is 4.83. The largest absolute Gasteiger partial charge is 0.493 e. The molecule has 4 heteroatoms. The molecular weight excluding hydrogens is 288 g/mol. The van der Waals surface area contributed by atoms with Gasteiger partial charge in [0.1, 0.15) is 11.5 Å². The molecule has 0 aromatic heterocycles. The Balaban J connectivity index is 2.33. The van der Waals surface area contributed by atoms with Crippen LogP contribution in [-0.4, -0.2) is 19.0 Å². The van der Waals surface area contributed by atoms with Gasteiger partial charge in [0.15, 0.2) is 5.78 Å². The second kappa shape index (κ2) is 7.69. The van der Waals surface area contributed by atoms with Gasteiger partial charge in [-0.25, -0.2) is 0 Å². The number of ketones is 1. The third-order valence-electron chi connectivity index (χ3n) is 3.88. The van der Waals surface area contributed by atoms with Gasteiger partial charge in [-0.15, -0.1) is 0 Å². The predicted octanol–water partition coefficient (Wildman–Crippen LogP) is 4.90. The van der Waals surface area contributed by atoms with Crippen molar-refractivity contribution in [3.63, 3.8) is 0 Å². The van der Waals surface area contributed by atoms with Crippen molar-refractivity contribution in [1.29, 1.82) is 0 Å². The molecule has 0 amide bonds. The first-order valence-electron chi connectivity index (χ1n) is 7.80. The molecule has 1 aliphatic carbocycles. The number of Topliss-reactive ketones (excluding diaryl/α,β-unsaturated/α-hetero) is 1. The Labute approximate surface area is 131 Å². The summed E-state index contributed by atoms with van der Waals surface area (Å²) in [6.07, 6.45) is 5.43. The molecule has 0 saturated heterocycles. The van der Waals surface area contributed by atoms with Crippen molar-refractivity contribution in [2.75, 3.05) is 13.2 Å². The SMILES string of the molecule is CCOc1cc(C(=O)C2CCCCC2)c(OCC)cc1Cl. The Bertz CT molecular complexity index is 493. The fraction of sp³-hybridized carbons (Fsp3) is 0.588. The summed E-state index contributed by atoms with van der Waals surface area (Å²) in [7, 11) is 0.